The topological polar surface area (TPSA) is 47.0 Å². The monoisotopic (exact) mass is 332 g/mol. The lowest BCUT2D eigenvalue weighted by molar-refractivity contribution is 0.412. The van der Waals surface area contributed by atoms with Gasteiger partial charge in [-0.3, -0.25) is 4.79 Å². The maximum Gasteiger partial charge on any atom is 0.266 e. The molecule has 3 rings (SSSR count). The number of halogens is 1. The quantitative estimate of drug-likeness (QED) is 0.721. The van der Waals surface area contributed by atoms with Gasteiger partial charge in [-0.2, -0.15) is 0 Å². The number of hydrogen-bond acceptors (Lipinski definition) is 3. The highest BCUT2D eigenvalue weighted by Gasteiger charge is 2.12. The molecule has 3 aromatic rings. The fraction of sp³-hybridized carbons (Fsp3) is 0.125. The summed E-state index contributed by atoms with van der Waals surface area (Å²) in [5.41, 5.74) is 2.03. The van der Waals surface area contributed by atoms with Gasteiger partial charge in [0.2, 0.25) is 0 Å². The van der Waals surface area contributed by atoms with Gasteiger partial charge in [0.05, 0.1) is 23.7 Å². The van der Waals surface area contributed by atoms with Gasteiger partial charge >= 0.3 is 0 Å². The van der Waals surface area contributed by atoms with Crippen LogP contribution in [0.4, 0.5) is 0 Å². The summed E-state index contributed by atoms with van der Waals surface area (Å²) in [6, 6.07) is 10.7. The van der Waals surface area contributed by atoms with E-state index in [1.54, 1.807) is 25.3 Å². The van der Waals surface area contributed by atoms with E-state index in [-0.39, 0.29) is 5.56 Å². The first-order valence-electron chi connectivity index (χ1n) is 6.61. The van der Waals surface area contributed by atoms with E-state index in [4.69, 9.17) is 28.6 Å². The number of fused-ring (bicyclic) bond motifs is 1. The van der Waals surface area contributed by atoms with Crippen LogP contribution in [0.3, 0.4) is 0 Å². The Bertz CT molecular complexity index is 992. The average Bonchev–Trinajstić information content (AvgIpc) is 2.47. The minimum Gasteiger partial charge on any atom is -0.495 e. The van der Waals surface area contributed by atoms with Gasteiger partial charge in [0.1, 0.15) is 5.75 Å². The number of rotatable bonds is 2. The molecular formula is C16H13ClN2O2S. The second-order valence-corrected chi connectivity index (χ2v) is 5.76. The lowest BCUT2D eigenvalue weighted by Gasteiger charge is -2.13. The number of aromatic amines is 1. The highest BCUT2D eigenvalue weighted by molar-refractivity contribution is 7.71. The van der Waals surface area contributed by atoms with Crippen LogP contribution in [0, 0.1) is 11.7 Å². The van der Waals surface area contributed by atoms with Crippen LogP contribution in [0.2, 0.25) is 5.02 Å². The molecule has 22 heavy (non-hydrogen) atoms. The Kier molecular flexibility index (Phi) is 3.76. The Balaban J connectivity index is 2.42. The van der Waals surface area contributed by atoms with E-state index in [9.17, 15) is 4.79 Å². The lowest BCUT2D eigenvalue weighted by atomic mass is 10.2. The first-order chi connectivity index (χ1) is 10.5. The largest absolute Gasteiger partial charge is 0.495 e. The summed E-state index contributed by atoms with van der Waals surface area (Å²) in [6.45, 7) is 1.95. The van der Waals surface area contributed by atoms with Gasteiger partial charge in [0.15, 0.2) is 4.77 Å². The van der Waals surface area contributed by atoms with Gasteiger partial charge in [-0.25, -0.2) is 4.57 Å². The van der Waals surface area contributed by atoms with Crippen molar-refractivity contribution in [2.75, 3.05) is 7.11 Å². The van der Waals surface area contributed by atoms with E-state index >= 15 is 0 Å². The Morgan fingerprint density at radius 1 is 1.23 bits per heavy atom. The van der Waals surface area contributed by atoms with E-state index in [1.165, 1.54) is 4.57 Å². The third-order valence-electron chi connectivity index (χ3n) is 3.44. The molecule has 0 saturated heterocycles. The number of ether oxygens (including phenoxy) is 1. The highest BCUT2D eigenvalue weighted by Crippen LogP contribution is 2.24. The predicted octanol–water partition coefficient (Wildman–Crippen LogP) is 4.02. The van der Waals surface area contributed by atoms with Crippen LogP contribution in [0.25, 0.3) is 16.6 Å². The second-order valence-electron chi connectivity index (χ2n) is 4.94. The van der Waals surface area contributed by atoms with Gasteiger partial charge < -0.3 is 9.72 Å². The van der Waals surface area contributed by atoms with Crippen molar-refractivity contribution in [3.05, 3.63) is 62.1 Å². The maximum absolute atomic E-state index is 12.8. The molecule has 0 unspecified atom stereocenters. The minimum atomic E-state index is -0.209. The van der Waals surface area contributed by atoms with Crippen LogP contribution in [0.5, 0.6) is 5.75 Å². The molecular weight excluding hydrogens is 320 g/mol. The fourth-order valence-electron chi connectivity index (χ4n) is 2.38. The SMILES string of the molecule is COc1ccc(C)cc1-n1c(=S)[nH]c2cc(Cl)ccc2c1=O. The van der Waals surface area contributed by atoms with Crippen LogP contribution in [0.15, 0.2) is 41.2 Å². The summed E-state index contributed by atoms with van der Waals surface area (Å²) in [6.07, 6.45) is 0. The summed E-state index contributed by atoms with van der Waals surface area (Å²) in [5.74, 6) is 0.584. The molecule has 0 aliphatic carbocycles. The standard InChI is InChI=1S/C16H13ClN2O2S/c1-9-3-6-14(21-2)13(7-9)19-15(20)11-5-4-10(17)8-12(11)18-16(19)22/h3-8H,1-2H3,(H,18,22). The minimum absolute atomic E-state index is 0.209. The van der Waals surface area contributed by atoms with Crippen LogP contribution in [-0.4, -0.2) is 16.7 Å². The van der Waals surface area contributed by atoms with Gasteiger partial charge in [-0.05, 0) is 55.0 Å². The second kappa shape index (κ2) is 5.59. The predicted molar refractivity (Wildman–Crippen MR) is 91.0 cm³/mol. The number of methoxy groups -OCH3 is 1. The van der Waals surface area contributed by atoms with Crippen LogP contribution in [-0.2, 0) is 0 Å². The van der Waals surface area contributed by atoms with Crippen LogP contribution in [0.1, 0.15) is 5.56 Å². The summed E-state index contributed by atoms with van der Waals surface area (Å²) >= 11 is 11.3. The van der Waals surface area contributed by atoms with Gasteiger partial charge in [0, 0.05) is 5.02 Å². The normalized spacial score (nSPS) is 10.9. The van der Waals surface area contributed by atoms with E-state index < -0.39 is 0 Å². The van der Waals surface area contributed by atoms with E-state index in [0.717, 1.165) is 5.56 Å². The van der Waals surface area contributed by atoms with Crippen molar-refractivity contribution in [2.45, 2.75) is 6.92 Å². The summed E-state index contributed by atoms with van der Waals surface area (Å²) in [7, 11) is 1.56. The van der Waals surface area contributed by atoms with Crippen molar-refractivity contribution in [2.24, 2.45) is 0 Å². The Morgan fingerprint density at radius 3 is 2.73 bits per heavy atom. The summed E-state index contributed by atoms with van der Waals surface area (Å²) in [5, 5.41) is 1.06. The number of H-pyrrole nitrogens is 1. The molecule has 6 heteroatoms. The van der Waals surface area contributed by atoms with Crippen molar-refractivity contribution in [1.82, 2.24) is 9.55 Å². The number of nitrogens with zero attached hydrogens (tertiary/aromatic N) is 1. The number of benzene rings is 2. The first-order valence-corrected chi connectivity index (χ1v) is 7.39. The van der Waals surface area contributed by atoms with Crippen molar-refractivity contribution >= 4 is 34.7 Å². The van der Waals surface area contributed by atoms with Crippen molar-refractivity contribution in [3.63, 3.8) is 0 Å². The summed E-state index contributed by atoms with van der Waals surface area (Å²) < 4.78 is 7.09. The molecule has 0 spiro atoms. The molecule has 0 aliphatic rings. The van der Waals surface area contributed by atoms with Gasteiger partial charge in [-0.1, -0.05) is 17.7 Å². The summed E-state index contributed by atoms with van der Waals surface area (Å²) in [4.78, 5) is 15.9. The molecule has 0 aliphatic heterocycles. The molecule has 4 nitrogen and oxygen atoms in total. The van der Waals surface area contributed by atoms with Crippen molar-refractivity contribution in [1.29, 1.82) is 0 Å². The maximum atomic E-state index is 12.8. The van der Waals surface area contributed by atoms with E-state index in [1.807, 2.05) is 25.1 Å². The Labute approximate surface area is 136 Å². The molecule has 0 amide bonds. The molecule has 0 fully saturated rings. The Hall–Kier alpha value is -2.11. The number of aromatic nitrogens is 2. The highest BCUT2D eigenvalue weighted by atomic mass is 35.5. The van der Waals surface area contributed by atoms with Gasteiger partial charge in [0.25, 0.3) is 5.56 Å². The van der Waals surface area contributed by atoms with Gasteiger partial charge in [-0.15, -0.1) is 0 Å². The van der Waals surface area contributed by atoms with Crippen molar-refractivity contribution < 1.29 is 4.74 Å². The molecule has 1 heterocycles. The molecule has 0 bridgehead atoms. The Morgan fingerprint density at radius 2 is 2.00 bits per heavy atom. The first kappa shape index (κ1) is 14.8. The average molecular weight is 333 g/mol. The zero-order valence-corrected chi connectivity index (χ0v) is 13.6. The van der Waals surface area contributed by atoms with Crippen LogP contribution >= 0.6 is 23.8 Å². The molecule has 1 aromatic heterocycles. The molecule has 2 aromatic carbocycles. The molecule has 0 radical (unpaired) electrons. The van der Waals surface area contributed by atoms with E-state index in [2.05, 4.69) is 4.98 Å². The molecule has 0 saturated carbocycles. The zero-order valence-electron chi connectivity index (χ0n) is 12.0. The third-order valence-corrected chi connectivity index (χ3v) is 3.95. The van der Waals surface area contributed by atoms with Crippen molar-refractivity contribution in [3.8, 4) is 11.4 Å². The molecule has 1 N–H and O–H groups in total. The number of hydrogen-bond donors (Lipinski definition) is 1. The lowest BCUT2D eigenvalue weighted by Crippen LogP contribution is -2.21. The fourth-order valence-corrected chi connectivity index (χ4v) is 2.85. The zero-order chi connectivity index (χ0) is 15.9. The number of nitrogens with one attached hydrogen (secondary N) is 1. The molecule has 112 valence electrons. The smallest absolute Gasteiger partial charge is 0.266 e. The number of aryl methyl sites for hydroxylation is 1. The molecule has 0 atom stereocenters. The van der Waals surface area contributed by atoms with E-state index in [0.29, 0.717) is 32.1 Å². The third kappa shape index (κ3) is 2.42. The van der Waals surface area contributed by atoms with Crippen LogP contribution < -0.4 is 10.3 Å².